The molecule has 0 aliphatic carbocycles. The molecule has 2 aromatic rings. The zero-order valence-electron chi connectivity index (χ0n) is 15.9. The number of hydrogen-bond donors (Lipinski definition) is 1. The summed E-state index contributed by atoms with van der Waals surface area (Å²) >= 11 is 6.01. The number of hydrogen-bond acceptors (Lipinski definition) is 4. The van der Waals surface area contributed by atoms with E-state index < -0.39 is 10.0 Å². The monoisotopic (exact) mass is 422 g/mol. The number of nitrogens with one attached hydrogen (secondary N) is 1. The molecule has 0 aromatic heterocycles. The lowest BCUT2D eigenvalue weighted by molar-refractivity contribution is -0.118. The van der Waals surface area contributed by atoms with Crippen LogP contribution in [0.2, 0.25) is 5.02 Å². The normalized spacial score (nSPS) is 14.8. The smallest absolute Gasteiger partial charge is 0.262 e. The van der Waals surface area contributed by atoms with Gasteiger partial charge in [-0.1, -0.05) is 23.7 Å². The summed E-state index contributed by atoms with van der Waals surface area (Å²) < 4.78 is 32.8. The van der Waals surface area contributed by atoms with Crippen LogP contribution in [-0.4, -0.2) is 38.3 Å². The van der Waals surface area contributed by atoms with Crippen molar-refractivity contribution in [2.45, 2.75) is 31.6 Å². The number of carbonyl (C=O) groups excluding carboxylic acids is 1. The highest BCUT2D eigenvalue weighted by molar-refractivity contribution is 7.89. The molecule has 150 valence electrons. The predicted molar refractivity (Wildman–Crippen MR) is 109 cm³/mol. The third-order valence-corrected chi connectivity index (χ3v) is 6.77. The molecule has 0 atom stereocenters. The van der Waals surface area contributed by atoms with E-state index in [1.165, 1.54) is 16.4 Å². The molecule has 0 saturated carbocycles. The van der Waals surface area contributed by atoms with Crippen LogP contribution in [0, 0.1) is 13.8 Å². The van der Waals surface area contributed by atoms with Crippen molar-refractivity contribution >= 4 is 33.2 Å². The maximum Gasteiger partial charge on any atom is 0.262 e. The Balaban J connectivity index is 1.75. The maximum absolute atomic E-state index is 12.9. The highest BCUT2D eigenvalue weighted by Gasteiger charge is 2.30. The minimum atomic E-state index is -3.72. The van der Waals surface area contributed by atoms with Gasteiger partial charge in [-0.2, -0.15) is 4.31 Å². The average Bonchev–Trinajstić information content (AvgIpc) is 3.19. The summed E-state index contributed by atoms with van der Waals surface area (Å²) in [4.78, 5) is 12.3. The molecule has 0 unspecified atom stereocenters. The molecule has 0 spiro atoms. The lowest BCUT2D eigenvalue weighted by atomic mass is 10.1. The molecule has 28 heavy (non-hydrogen) atoms. The van der Waals surface area contributed by atoms with Crippen molar-refractivity contribution in [3.05, 3.63) is 52.5 Å². The van der Waals surface area contributed by atoms with Crippen LogP contribution < -0.4 is 10.1 Å². The van der Waals surface area contributed by atoms with E-state index in [0.29, 0.717) is 23.8 Å². The number of ether oxygens (including phenoxy) is 1. The molecule has 0 radical (unpaired) electrons. The predicted octanol–water partition coefficient (Wildman–Crippen LogP) is 3.76. The number of anilines is 1. The summed E-state index contributed by atoms with van der Waals surface area (Å²) in [5.74, 6) is -0.249. The number of rotatable bonds is 6. The molecular formula is C20H23ClN2O4S. The lowest BCUT2D eigenvalue weighted by Crippen LogP contribution is -2.29. The van der Waals surface area contributed by atoms with Crippen molar-refractivity contribution < 1.29 is 17.9 Å². The number of benzene rings is 2. The van der Waals surface area contributed by atoms with Gasteiger partial charge in [0.15, 0.2) is 6.61 Å². The summed E-state index contributed by atoms with van der Waals surface area (Å²) in [6.07, 6.45) is 1.66. The van der Waals surface area contributed by atoms with Crippen LogP contribution in [0.1, 0.15) is 24.0 Å². The Morgan fingerprint density at radius 3 is 2.57 bits per heavy atom. The molecule has 0 bridgehead atoms. The second-order valence-corrected chi connectivity index (χ2v) is 9.20. The summed E-state index contributed by atoms with van der Waals surface area (Å²) in [7, 11) is -3.72. The van der Waals surface area contributed by atoms with Gasteiger partial charge in [0.25, 0.3) is 5.91 Å². The van der Waals surface area contributed by atoms with Gasteiger partial charge in [0.1, 0.15) is 10.6 Å². The summed E-state index contributed by atoms with van der Waals surface area (Å²) in [6.45, 7) is 4.48. The van der Waals surface area contributed by atoms with E-state index in [9.17, 15) is 13.2 Å². The fraction of sp³-hybridized carbons (Fsp3) is 0.350. The first-order chi connectivity index (χ1) is 13.3. The molecule has 1 N–H and O–H groups in total. The first-order valence-electron chi connectivity index (χ1n) is 9.07. The SMILES string of the molecule is Cc1ccc(C)c(NC(=O)COc2ccc(Cl)cc2S(=O)(=O)N2CCCC2)c1. The topological polar surface area (TPSA) is 75.7 Å². The summed E-state index contributed by atoms with van der Waals surface area (Å²) in [5, 5.41) is 3.09. The third kappa shape index (κ3) is 4.66. The second-order valence-electron chi connectivity index (χ2n) is 6.86. The van der Waals surface area contributed by atoms with Gasteiger partial charge < -0.3 is 10.1 Å². The van der Waals surface area contributed by atoms with Crippen LogP contribution in [0.3, 0.4) is 0 Å². The van der Waals surface area contributed by atoms with E-state index in [1.807, 2.05) is 32.0 Å². The number of aryl methyl sites for hydroxylation is 2. The van der Waals surface area contributed by atoms with Crippen molar-refractivity contribution in [2.75, 3.05) is 25.0 Å². The highest BCUT2D eigenvalue weighted by Crippen LogP contribution is 2.31. The Morgan fingerprint density at radius 1 is 1.14 bits per heavy atom. The number of carbonyl (C=O) groups is 1. The molecule has 1 aliphatic rings. The number of nitrogens with zero attached hydrogens (tertiary/aromatic N) is 1. The van der Waals surface area contributed by atoms with Crippen LogP contribution in [0.5, 0.6) is 5.75 Å². The van der Waals surface area contributed by atoms with Crippen molar-refractivity contribution in [1.29, 1.82) is 0 Å². The van der Waals surface area contributed by atoms with Crippen LogP contribution in [0.25, 0.3) is 0 Å². The van der Waals surface area contributed by atoms with Gasteiger partial charge in [-0.05, 0) is 62.1 Å². The number of halogens is 1. The molecule has 3 rings (SSSR count). The Kier molecular flexibility index (Phi) is 6.27. The standard InChI is InChI=1S/C20H23ClN2O4S/c1-14-5-6-15(2)17(11-14)22-20(24)13-27-18-8-7-16(21)12-19(18)28(25,26)23-9-3-4-10-23/h5-8,11-12H,3-4,9-10,13H2,1-2H3,(H,22,24). The van der Waals surface area contributed by atoms with E-state index in [2.05, 4.69) is 5.32 Å². The van der Waals surface area contributed by atoms with Gasteiger partial charge in [0, 0.05) is 23.8 Å². The van der Waals surface area contributed by atoms with Crippen LogP contribution in [0.15, 0.2) is 41.3 Å². The lowest BCUT2D eigenvalue weighted by Gasteiger charge is -2.18. The first-order valence-corrected chi connectivity index (χ1v) is 10.9. The van der Waals surface area contributed by atoms with Crippen molar-refractivity contribution in [3.8, 4) is 5.75 Å². The largest absolute Gasteiger partial charge is 0.482 e. The number of sulfonamides is 1. The molecule has 1 heterocycles. The van der Waals surface area contributed by atoms with Gasteiger partial charge in [-0.3, -0.25) is 4.79 Å². The van der Waals surface area contributed by atoms with Gasteiger partial charge in [-0.25, -0.2) is 8.42 Å². The quantitative estimate of drug-likeness (QED) is 0.769. The Morgan fingerprint density at radius 2 is 1.86 bits per heavy atom. The Bertz CT molecular complexity index is 986. The number of amides is 1. The summed E-state index contributed by atoms with van der Waals surface area (Å²) in [6, 6.07) is 10.2. The molecular weight excluding hydrogens is 400 g/mol. The van der Waals surface area contributed by atoms with E-state index in [1.54, 1.807) is 6.07 Å². The zero-order valence-corrected chi connectivity index (χ0v) is 17.4. The molecule has 6 nitrogen and oxygen atoms in total. The van der Waals surface area contributed by atoms with Gasteiger partial charge in [0.2, 0.25) is 10.0 Å². The summed E-state index contributed by atoms with van der Waals surface area (Å²) in [5.41, 5.74) is 2.66. The Hall–Kier alpha value is -2.09. The zero-order chi connectivity index (χ0) is 20.3. The molecule has 2 aromatic carbocycles. The van der Waals surface area contributed by atoms with Gasteiger partial charge >= 0.3 is 0 Å². The van der Waals surface area contributed by atoms with E-state index >= 15 is 0 Å². The Labute approximate surface area is 170 Å². The average molecular weight is 423 g/mol. The molecule has 1 saturated heterocycles. The molecule has 1 amide bonds. The highest BCUT2D eigenvalue weighted by atomic mass is 35.5. The fourth-order valence-electron chi connectivity index (χ4n) is 3.07. The minimum absolute atomic E-state index is 0.0126. The van der Waals surface area contributed by atoms with Crippen molar-refractivity contribution in [1.82, 2.24) is 4.31 Å². The van der Waals surface area contributed by atoms with Crippen LogP contribution in [-0.2, 0) is 14.8 Å². The van der Waals surface area contributed by atoms with Crippen molar-refractivity contribution in [3.63, 3.8) is 0 Å². The first kappa shape index (κ1) is 20.6. The van der Waals surface area contributed by atoms with E-state index in [4.69, 9.17) is 16.3 Å². The third-order valence-electron chi connectivity index (χ3n) is 4.61. The fourth-order valence-corrected chi connectivity index (χ4v) is 4.98. The van der Waals surface area contributed by atoms with Crippen molar-refractivity contribution in [2.24, 2.45) is 0 Å². The minimum Gasteiger partial charge on any atom is -0.482 e. The van der Waals surface area contributed by atoms with Crippen LogP contribution >= 0.6 is 11.6 Å². The van der Waals surface area contributed by atoms with Crippen LogP contribution in [0.4, 0.5) is 5.69 Å². The molecule has 1 aliphatic heterocycles. The molecule has 1 fully saturated rings. The second kappa shape index (κ2) is 8.51. The molecule has 8 heteroatoms. The maximum atomic E-state index is 12.9. The van der Waals surface area contributed by atoms with Gasteiger partial charge in [-0.15, -0.1) is 0 Å². The van der Waals surface area contributed by atoms with Gasteiger partial charge in [0.05, 0.1) is 0 Å². The van der Waals surface area contributed by atoms with E-state index in [0.717, 1.165) is 24.0 Å². The van der Waals surface area contributed by atoms with E-state index in [-0.39, 0.29) is 23.2 Å².